The summed E-state index contributed by atoms with van der Waals surface area (Å²) in [5.41, 5.74) is 0.322. The molecule has 33 heavy (non-hydrogen) atoms. The maximum absolute atomic E-state index is 13.7. The van der Waals surface area contributed by atoms with Crippen molar-refractivity contribution in [2.24, 2.45) is 58.2 Å². The monoisotopic (exact) mass is 458 g/mol. The summed E-state index contributed by atoms with van der Waals surface area (Å²) in [6, 6.07) is 0. The molecule has 4 saturated carbocycles. The van der Waals surface area contributed by atoms with Crippen LogP contribution in [0.2, 0.25) is 0 Å². The maximum atomic E-state index is 13.7. The second-order valence-corrected chi connectivity index (χ2v) is 13.6. The molecule has 0 spiro atoms. The number of hydrogen-bond acceptors (Lipinski definition) is 4. The minimum atomic E-state index is -0.125. The standard InChI is InChI=1S/C29H46O4/c1-16(2)18-12-25(33-26(32)13-18)17(3)23-15-24(31)27-21-7-6-19-14-20(30)8-10-28(19,4)22(21)9-11-29(23,27)5/h16-23,25,27,30H,6-15H2,1-5H3. The highest BCUT2D eigenvalue weighted by molar-refractivity contribution is 5.85. The fourth-order valence-corrected chi connectivity index (χ4v) is 9.81. The van der Waals surface area contributed by atoms with Gasteiger partial charge in [0.25, 0.3) is 0 Å². The highest BCUT2D eigenvalue weighted by Crippen LogP contribution is 2.67. The van der Waals surface area contributed by atoms with E-state index in [0.717, 1.165) is 38.5 Å². The number of rotatable bonds is 3. The summed E-state index contributed by atoms with van der Waals surface area (Å²) in [6.45, 7) is 11.6. The lowest BCUT2D eigenvalue weighted by Gasteiger charge is -2.60. The highest BCUT2D eigenvalue weighted by atomic mass is 16.5. The molecule has 1 N–H and O–H groups in total. The van der Waals surface area contributed by atoms with E-state index in [1.54, 1.807) is 0 Å². The summed E-state index contributed by atoms with van der Waals surface area (Å²) >= 11 is 0. The fourth-order valence-electron chi connectivity index (χ4n) is 9.81. The number of aliphatic hydroxyl groups is 1. The predicted octanol–water partition coefficient (Wildman–Crippen LogP) is 5.80. The Morgan fingerprint density at radius 1 is 0.939 bits per heavy atom. The van der Waals surface area contributed by atoms with Gasteiger partial charge in [-0.25, -0.2) is 0 Å². The number of cyclic esters (lactones) is 1. The second kappa shape index (κ2) is 8.35. The van der Waals surface area contributed by atoms with Crippen LogP contribution in [0.15, 0.2) is 0 Å². The average molecular weight is 459 g/mol. The normalized spacial score (nSPS) is 50.9. The van der Waals surface area contributed by atoms with Gasteiger partial charge in [-0.2, -0.15) is 0 Å². The summed E-state index contributed by atoms with van der Waals surface area (Å²) in [5, 5.41) is 10.3. The van der Waals surface area contributed by atoms with E-state index in [1.165, 1.54) is 12.8 Å². The van der Waals surface area contributed by atoms with Crippen molar-refractivity contribution >= 4 is 11.8 Å². The molecule has 0 amide bonds. The lowest BCUT2D eigenvalue weighted by atomic mass is 9.44. The number of carbonyl (C=O) groups is 2. The van der Waals surface area contributed by atoms with Gasteiger partial charge in [-0.1, -0.05) is 34.6 Å². The Morgan fingerprint density at radius 3 is 2.39 bits per heavy atom. The van der Waals surface area contributed by atoms with Crippen LogP contribution in [0.3, 0.4) is 0 Å². The third kappa shape index (κ3) is 3.72. The third-order valence-corrected chi connectivity index (χ3v) is 11.9. The zero-order valence-electron chi connectivity index (χ0n) is 21.5. The van der Waals surface area contributed by atoms with Crippen LogP contribution in [0.25, 0.3) is 0 Å². The summed E-state index contributed by atoms with van der Waals surface area (Å²) < 4.78 is 5.93. The number of ketones is 1. The molecule has 1 heterocycles. The van der Waals surface area contributed by atoms with E-state index in [-0.39, 0.29) is 40.8 Å². The molecule has 4 nitrogen and oxygen atoms in total. The molecule has 1 aliphatic heterocycles. The minimum Gasteiger partial charge on any atom is -0.462 e. The van der Waals surface area contributed by atoms with Crippen LogP contribution in [0.4, 0.5) is 0 Å². The van der Waals surface area contributed by atoms with Crippen molar-refractivity contribution in [2.45, 2.75) is 111 Å². The molecule has 11 atom stereocenters. The van der Waals surface area contributed by atoms with E-state index in [9.17, 15) is 14.7 Å². The van der Waals surface area contributed by atoms with Crippen molar-refractivity contribution < 1.29 is 19.4 Å². The predicted molar refractivity (Wildman–Crippen MR) is 128 cm³/mol. The first-order valence-electron chi connectivity index (χ1n) is 13.9. The van der Waals surface area contributed by atoms with Crippen molar-refractivity contribution in [2.75, 3.05) is 0 Å². The van der Waals surface area contributed by atoms with Crippen molar-refractivity contribution in [1.29, 1.82) is 0 Å². The van der Waals surface area contributed by atoms with E-state index in [1.807, 2.05) is 0 Å². The average Bonchev–Trinajstić information content (AvgIpc) is 3.04. The molecule has 0 radical (unpaired) electrons. The number of aliphatic hydroxyl groups excluding tert-OH is 1. The van der Waals surface area contributed by atoms with Crippen LogP contribution < -0.4 is 0 Å². The molecular weight excluding hydrogens is 412 g/mol. The van der Waals surface area contributed by atoms with E-state index in [4.69, 9.17) is 4.74 Å². The summed E-state index contributed by atoms with van der Waals surface area (Å²) in [5.74, 6) is 3.80. The van der Waals surface area contributed by atoms with Crippen molar-refractivity contribution in [3.8, 4) is 0 Å². The Kier molecular flexibility index (Phi) is 6.03. The maximum Gasteiger partial charge on any atom is 0.306 e. The van der Waals surface area contributed by atoms with E-state index in [0.29, 0.717) is 54.1 Å². The van der Waals surface area contributed by atoms with Gasteiger partial charge in [0.15, 0.2) is 0 Å². The lowest BCUT2D eigenvalue weighted by Crippen LogP contribution is -2.55. The Hall–Kier alpha value is -0.900. The van der Waals surface area contributed by atoms with Crippen molar-refractivity contribution in [3.05, 3.63) is 0 Å². The van der Waals surface area contributed by atoms with Crippen LogP contribution in [-0.2, 0) is 14.3 Å². The number of carbonyl (C=O) groups excluding carboxylic acids is 2. The van der Waals surface area contributed by atoms with Crippen molar-refractivity contribution in [3.63, 3.8) is 0 Å². The second-order valence-electron chi connectivity index (χ2n) is 13.6. The van der Waals surface area contributed by atoms with Gasteiger partial charge in [0.1, 0.15) is 11.9 Å². The molecule has 5 rings (SSSR count). The number of fused-ring (bicyclic) bond motifs is 5. The van der Waals surface area contributed by atoms with Crippen LogP contribution in [0.1, 0.15) is 98.8 Å². The third-order valence-electron chi connectivity index (χ3n) is 11.9. The topological polar surface area (TPSA) is 63.6 Å². The molecular formula is C29H46O4. The number of ether oxygens (including phenoxy) is 1. The fraction of sp³-hybridized carbons (Fsp3) is 0.931. The van der Waals surface area contributed by atoms with Gasteiger partial charge < -0.3 is 9.84 Å². The van der Waals surface area contributed by atoms with Gasteiger partial charge in [-0.3, -0.25) is 9.59 Å². The van der Waals surface area contributed by atoms with Crippen LogP contribution in [-0.4, -0.2) is 29.1 Å². The van der Waals surface area contributed by atoms with Gasteiger partial charge in [-0.05, 0) is 104 Å². The molecule has 11 unspecified atom stereocenters. The molecule has 0 bridgehead atoms. The SMILES string of the molecule is CC(C)C1CC(=O)OC(C(C)C2CC(=O)C3C4CCC5CC(O)CCC5(C)C4CCC23C)C1. The van der Waals surface area contributed by atoms with Gasteiger partial charge in [0, 0.05) is 18.8 Å². The van der Waals surface area contributed by atoms with E-state index >= 15 is 0 Å². The van der Waals surface area contributed by atoms with Gasteiger partial charge in [0.05, 0.1) is 6.10 Å². The van der Waals surface area contributed by atoms with Gasteiger partial charge in [-0.15, -0.1) is 0 Å². The van der Waals surface area contributed by atoms with E-state index < -0.39 is 0 Å². The molecule has 5 aliphatic rings. The summed E-state index contributed by atoms with van der Waals surface area (Å²) in [7, 11) is 0. The summed E-state index contributed by atoms with van der Waals surface area (Å²) in [6.07, 6.45) is 9.66. The molecule has 4 aliphatic carbocycles. The minimum absolute atomic E-state index is 0.0340. The molecule has 0 aromatic heterocycles. The smallest absolute Gasteiger partial charge is 0.306 e. The lowest BCUT2D eigenvalue weighted by molar-refractivity contribution is -0.167. The quantitative estimate of drug-likeness (QED) is 0.543. The van der Waals surface area contributed by atoms with Gasteiger partial charge in [0.2, 0.25) is 0 Å². The van der Waals surface area contributed by atoms with Crippen LogP contribution >= 0.6 is 0 Å². The van der Waals surface area contributed by atoms with Crippen LogP contribution in [0.5, 0.6) is 0 Å². The van der Waals surface area contributed by atoms with E-state index in [2.05, 4.69) is 34.6 Å². The van der Waals surface area contributed by atoms with Gasteiger partial charge >= 0.3 is 5.97 Å². The molecule has 0 aromatic carbocycles. The zero-order chi connectivity index (χ0) is 23.7. The number of Topliss-reactive ketones (excluding diaryl/α,β-unsaturated/α-hetero) is 1. The Morgan fingerprint density at radius 2 is 1.67 bits per heavy atom. The molecule has 1 saturated heterocycles. The molecule has 0 aromatic rings. The largest absolute Gasteiger partial charge is 0.462 e. The number of esters is 1. The zero-order valence-corrected chi connectivity index (χ0v) is 21.5. The Bertz CT molecular complexity index is 790. The Balaban J connectivity index is 1.38. The molecule has 4 heteroatoms. The molecule has 186 valence electrons. The summed E-state index contributed by atoms with van der Waals surface area (Å²) in [4.78, 5) is 26.1. The number of hydrogen-bond donors (Lipinski definition) is 1. The van der Waals surface area contributed by atoms with Crippen molar-refractivity contribution in [1.82, 2.24) is 0 Å². The first kappa shape index (κ1) is 23.8. The Labute approximate surface area is 200 Å². The molecule has 5 fully saturated rings. The highest BCUT2D eigenvalue weighted by Gasteiger charge is 2.64. The first-order chi connectivity index (χ1) is 15.5. The van der Waals surface area contributed by atoms with Crippen LogP contribution in [0, 0.1) is 58.2 Å². The first-order valence-corrected chi connectivity index (χ1v) is 13.9.